The maximum atomic E-state index is 9.72. The normalized spacial score (nSPS) is 22.1. The van der Waals surface area contributed by atoms with Crippen LogP contribution in [0.5, 0.6) is 0 Å². The highest BCUT2D eigenvalue weighted by atomic mass is 16.7. The second-order valence-electron chi connectivity index (χ2n) is 5.07. The quantitative estimate of drug-likeness (QED) is 0.607. The van der Waals surface area contributed by atoms with Crippen molar-refractivity contribution in [3.8, 4) is 17.9 Å². The number of aliphatic hydroxyl groups excluding tert-OH is 1. The Hall–Kier alpha value is -1.33. The van der Waals surface area contributed by atoms with Gasteiger partial charge in [-0.2, -0.15) is 5.26 Å². The average Bonchev–Trinajstić information content (AvgIpc) is 2.33. The Morgan fingerprint density at radius 1 is 1.44 bits per heavy atom. The Labute approximate surface area is 108 Å². The van der Waals surface area contributed by atoms with Crippen LogP contribution in [-0.2, 0) is 9.47 Å². The van der Waals surface area contributed by atoms with Crippen molar-refractivity contribution in [2.24, 2.45) is 5.41 Å². The molecule has 0 aliphatic carbocycles. The molecule has 18 heavy (non-hydrogen) atoms. The molecule has 4 heteroatoms. The monoisotopic (exact) mass is 249 g/mol. The summed E-state index contributed by atoms with van der Waals surface area (Å²) in [6.07, 6.45) is 1.79. The topological polar surface area (TPSA) is 62.5 Å². The van der Waals surface area contributed by atoms with E-state index >= 15 is 0 Å². The van der Waals surface area contributed by atoms with Crippen molar-refractivity contribution in [3.63, 3.8) is 0 Å². The van der Waals surface area contributed by atoms with Gasteiger partial charge in [0, 0.05) is 17.8 Å². The number of hydrogen-bond donors (Lipinski definition) is 1. The summed E-state index contributed by atoms with van der Waals surface area (Å²) >= 11 is 0. The maximum Gasteiger partial charge on any atom is 0.162 e. The van der Waals surface area contributed by atoms with Gasteiger partial charge in [0.15, 0.2) is 11.9 Å². The lowest BCUT2D eigenvalue weighted by Crippen LogP contribution is -2.47. The van der Waals surface area contributed by atoms with Gasteiger partial charge in [0.2, 0.25) is 0 Å². The Balaban J connectivity index is 2.76. The Kier molecular flexibility index (Phi) is 4.93. The first kappa shape index (κ1) is 14.7. The Bertz CT molecular complexity index is 387. The molecular weight excluding hydrogens is 230 g/mol. The number of rotatable bonds is 4. The van der Waals surface area contributed by atoms with Gasteiger partial charge >= 0.3 is 0 Å². The van der Waals surface area contributed by atoms with E-state index in [1.807, 2.05) is 13.8 Å². The summed E-state index contributed by atoms with van der Waals surface area (Å²) in [5.41, 5.74) is -0.382. The van der Waals surface area contributed by atoms with Crippen molar-refractivity contribution in [3.05, 3.63) is 12.7 Å². The van der Waals surface area contributed by atoms with E-state index in [4.69, 9.17) is 14.7 Å². The van der Waals surface area contributed by atoms with Crippen molar-refractivity contribution >= 4 is 0 Å². The molecule has 0 aromatic carbocycles. The lowest BCUT2D eigenvalue weighted by Gasteiger charge is -2.43. The van der Waals surface area contributed by atoms with E-state index in [-0.39, 0.29) is 5.41 Å². The zero-order chi connectivity index (χ0) is 13.6. The molecule has 1 rings (SSSR count). The van der Waals surface area contributed by atoms with Crippen LogP contribution in [0.2, 0.25) is 0 Å². The number of nitrogens with zero attached hydrogens (tertiary/aromatic N) is 1. The first-order valence-corrected chi connectivity index (χ1v) is 5.89. The van der Waals surface area contributed by atoms with Gasteiger partial charge in [-0.15, -0.1) is 6.58 Å². The predicted octanol–water partition coefficient (Wildman–Crippen LogP) is 1.61. The van der Waals surface area contributed by atoms with E-state index in [9.17, 15) is 5.11 Å². The van der Waals surface area contributed by atoms with Crippen LogP contribution in [0.3, 0.4) is 0 Å². The lowest BCUT2D eigenvalue weighted by molar-refractivity contribution is -0.287. The maximum absolute atomic E-state index is 9.72. The molecule has 1 aliphatic heterocycles. The molecule has 1 saturated heterocycles. The molecular formula is C14H19NO3. The van der Waals surface area contributed by atoms with E-state index < -0.39 is 11.9 Å². The molecule has 0 aromatic heterocycles. The summed E-state index contributed by atoms with van der Waals surface area (Å²) < 4.78 is 11.3. The van der Waals surface area contributed by atoms with E-state index in [1.165, 1.54) is 6.08 Å². The van der Waals surface area contributed by atoms with Gasteiger partial charge < -0.3 is 14.6 Å². The first-order chi connectivity index (χ1) is 8.43. The molecule has 1 aliphatic rings. The van der Waals surface area contributed by atoms with Crippen molar-refractivity contribution in [1.82, 2.24) is 0 Å². The molecule has 0 aromatic rings. The molecule has 0 saturated carbocycles. The molecule has 1 fully saturated rings. The molecule has 98 valence electrons. The zero-order valence-electron chi connectivity index (χ0n) is 10.9. The molecule has 1 heterocycles. The largest absolute Gasteiger partial charge is 0.389 e. The zero-order valence-corrected chi connectivity index (χ0v) is 10.9. The molecule has 1 atom stereocenters. The van der Waals surface area contributed by atoms with Crippen LogP contribution in [0.15, 0.2) is 12.7 Å². The van der Waals surface area contributed by atoms with Crippen LogP contribution in [0.1, 0.15) is 26.7 Å². The third-order valence-corrected chi connectivity index (χ3v) is 2.97. The standard InChI is InChI=1S/C14H19NO3/c1-4-12(16)9-14(7-5-6-8-15)10-17-13(2,3)18-11-14/h4,12,16H,1,7,9-11H2,2-3H3. The van der Waals surface area contributed by atoms with Crippen molar-refractivity contribution in [2.45, 2.75) is 38.6 Å². The third kappa shape index (κ3) is 4.16. The molecule has 0 spiro atoms. The van der Waals surface area contributed by atoms with Crippen LogP contribution in [0, 0.1) is 28.6 Å². The SMILES string of the molecule is C=CC(O)CC1(CC#CC#N)COC(C)(C)OC1. The summed E-state index contributed by atoms with van der Waals surface area (Å²) in [5, 5.41) is 18.2. The highest BCUT2D eigenvalue weighted by Gasteiger charge is 2.40. The van der Waals surface area contributed by atoms with Crippen LogP contribution >= 0.6 is 0 Å². The predicted molar refractivity (Wildman–Crippen MR) is 67.2 cm³/mol. The summed E-state index contributed by atoms with van der Waals surface area (Å²) in [6, 6.07) is 1.78. The second kappa shape index (κ2) is 6.02. The number of ether oxygens (including phenoxy) is 2. The summed E-state index contributed by atoms with van der Waals surface area (Å²) in [4.78, 5) is 0. The highest BCUT2D eigenvalue weighted by Crippen LogP contribution is 2.36. The number of nitriles is 1. The van der Waals surface area contributed by atoms with Crippen LogP contribution in [0.25, 0.3) is 0 Å². The van der Waals surface area contributed by atoms with Crippen molar-refractivity contribution in [2.75, 3.05) is 13.2 Å². The number of aliphatic hydroxyl groups is 1. The lowest BCUT2D eigenvalue weighted by atomic mass is 9.80. The average molecular weight is 249 g/mol. The minimum absolute atomic E-state index is 0.382. The fourth-order valence-corrected chi connectivity index (χ4v) is 1.83. The van der Waals surface area contributed by atoms with Gasteiger partial charge in [0.05, 0.1) is 19.3 Å². The molecule has 0 bridgehead atoms. The van der Waals surface area contributed by atoms with Gasteiger partial charge in [0.25, 0.3) is 0 Å². The van der Waals surface area contributed by atoms with E-state index in [2.05, 4.69) is 18.4 Å². The molecule has 1 N–H and O–H groups in total. The fourth-order valence-electron chi connectivity index (χ4n) is 1.83. The van der Waals surface area contributed by atoms with Crippen molar-refractivity contribution < 1.29 is 14.6 Å². The van der Waals surface area contributed by atoms with E-state index in [0.29, 0.717) is 26.1 Å². The van der Waals surface area contributed by atoms with Gasteiger partial charge in [0.1, 0.15) is 0 Å². The number of hydrogen-bond acceptors (Lipinski definition) is 4. The van der Waals surface area contributed by atoms with Crippen LogP contribution in [-0.4, -0.2) is 30.2 Å². The Morgan fingerprint density at radius 2 is 2.06 bits per heavy atom. The smallest absolute Gasteiger partial charge is 0.162 e. The molecule has 4 nitrogen and oxygen atoms in total. The van der Waals surface area contributed by atoms with Gasteiger partial charge in [-0.3, -0.25) is 0 Å². The van der Waals surface area contributed by atoms with Crippen LogP contribution < -0.4 is 0 Å². The summed E-state index contributed by atoms with van der Waals surface area (Å²) in [6.45, 7) is 8.16. The minimum atomic E-state index is -0.623. The van der Waals surface area contributed by atoms with Crippen molar-refractivity contribution in [1.29, 1.82) is 5.26 Å². The summed E-state index contributed by atoms with van der Waals surface area (Å²) in [5.74, 6) is 4.55. The second-order valence-corrected chi connectivity index (χ2v) is 5.07. The van der Waals surface area contributed by atoms with Gasteiger partial charge in [-0.05, 0) is 20.3 Å². The first-order valence-electron chi connectivity index (χ1n) is 5.89. The van der Waals surface area contributed by atoms with E-state index in [0.717, 1.165) is 0 Å². The molecule has 0 amide bonds. The summed E-state index contributed by atoms with van der Waals surface area (Å²) in [7, 11) is 0. The van der Waals surface area contributed by atoms with Crippen LogP contribution in [0.4, 0.5) is 0 Å². The van der Waals surface area contributed by atoms with Gasteiger partial charge in [-0.1, -0.05) is 12.0 Å². The minimum Gasteiger partial charge on any atom is -0.389 e. The van der Waals surface area contributed by atoms with E-state index in [1.54, 1.807) is 6.07 Å². The molecule has 0 radical (unpaired) electrons. The van der Waals surface area contributed by atoms with Gasteiger partial charge in [-0.25, -0.2) is 0 Å². The molecule has 1 unspecified atom stereocenters. The fraction of sp³-hybridized carbons (Fsp3) is 0.643. The third-order valence-electron chi connectivity index (χ3n) is 2.97. The Morgan fingerprint density at radius 3 is 2.56 bits per heavy atom. The highest BCUT2D eigenvalue weighted by molar-refractivity contribution is 5.18.